The van der Waals surface area contributed by atoms with Gasteiger partial charge in [0.05, 0.1) is 5.54 Å². The van der Waals surface area contributed by atoms with Gasteiger partial charge in [-0.3, -0.25) is 4.79 Å². The van der Waals surface area contributed by atoms with Gasteiger partial charge in [-0.2, -0.15) is 0 Å². The first kappa shape index (κ1) is 10.9. The molecule has 1 N–H and O–H groups in total. The summed E-state index contributed by atoms with van der Waals surface area (Å²) >= 11 is 0. The zero-order valence-electron chi connectivity index (χ0n) is 9.88. The summed E-state index contributed by atoms with van der Waals surface area (Å²) in [6.07, 6.45) is 4.26. The fourth-order valence-electron chi connectivity index (χ4n) is 2.86. The van der Waals surface area contributed by atoms with Crippen molar-refractivity contribution in [1.82, 2.24) is 10.2 Å². The summed E-state index contributed by atoms with van der Waals surface area (Å²) in [6.45, 7) is 7.28. The van der Waals surface area contributed by atoms with Crippen LogP contribution < -0.4 is 5.32 Å². The predicted molar refractivity (Wildman–Crippen MR) is 60.6 cm³/mol. The van der Waals surface area contributed by atoms with Crippen molar-refractivity contribution in [3.63, 3.8) is 0 Å². The number of nitrogens with zero attached hydrogens (tertiary/aromatic N) is 1. The Balaban J connectivity index is 2.05. The maximum absolute atomic E-state index is 12.4. The average molecular weight is 210 g/mol. The molecule has 0 spiro atoms. The number of amides is 1. The molecule has 3 heteroatoms. The second kappa shape index (κ2) is 4.12. The van der Waals surface area contributed by atoms with Gasteiger partial charge in [0.25, 0.3) is 0 Å². The van der Waals surface area contributed by atoms with Gasteiger partial charge < -0.3 is 10.2 Å². The van der Waals surface area contributed by atoms with Crippen LogP contribution in [0.5, 0.6) is 0 Å². The third-order valence-corrected chi connectivity index (χ3v) is 3.97. The zero-order chi connectivity index (χ0) is 10.9. The molecule has 0 aromatic carbocycles. The highest BCUT2D eigenvalue weighted by atomic mass is 16.2. The van der Waals surface area contributed by atoms with E-state index in [1.165, 1.54) is 6.42 Å². The SMILES string of the molecule is CCC1(C(=O)N2CCC(C)C2)CCCN1. The Morgan fingerprint density at radius 2 is 2.40 bits per heavy atom. The number of carbonyl (C=O) groups is 1. The third kappa shape index (κ3) is 1.89. The molecule has 2 saturated heterocycles. The molecule has 0 aromatic heterocycles. The molecule has 2 atom stereocenters. The van der Waals surface area contributed by atoms with Crippen molar-refractivity contribution in [1.29, 1.82) is 0 Å². The Bertz CT molecular complexity index is 246. The maximum atomic E-state index is 12.4. The van der Waals surface area contributed by atoms with E-state index in [1.54, 1.807) is 0 Å². The van der Waals surface area contributed by atoms with Gasteiger partial charge in [-0.15, -0.1) is 0 Å². The first-order chi connectivity index (χ1) is 7.18. The van der Waals surface area contributed by atoms with E-state index in [2.05, 4.69) is 24.1 Å². The summed E-state index contributed by atoms with van der Waals surface area (Å²) < 4.78 is 0. The summed E-state index contributed by atoms with van der Waals surface area (Å²) in [5.74, 6) is 1.04. The van der Waals surface area contributed by atoms with E-state index in [0.717, 1.165) is 38.9 Å². The quantitative estimate of drug-likeness (QED) is 0.747. The molecular weight excluding hydrogens is 188 g/mol. The van der Waals surface area contributed by atoms with Crippen LogP contribution in [-0.4, -0.2) is 36.0 Å². The van der Waals surface area contributed by atoms with Crippen LogP contribution in [0.25, 0.3) is 0 Å². The lowest BCUT2D eigenvalue weighted by atomic mass is 9.92. The molecule has 15 heavy (non-hydrogen) atoms. The Labute approximate surface area is 92.2 Å². The second-order valence-corrected chi connectivity index (χ2v) is 5.11. The van der Waals surface area contributed by atoms with Gasteiger partial charge in [0.2, 0.25) is 5.91 Å². The molecule has 0 bridgehead atoms. The second-order valence-electron chi connectivity index (χ2n) is 5.11. The zero-order valence-corrected chi connectivity index (χ0v) is 9.88. The van der Waals surface area contributed by atoms with Crippen LogP contribution in [0, 0.1) is 5.92 Å². The van der Waals surface area contributed by atoms with E-state index in [0.29, 0.717) is 11.8 Å². The minimum atomic E-state index is -0.218. The number of nitrogens with one attached hydrogen (secondary N) is 1. The molecule has 2 aliphatic rings. The van der Waals surface area contributed by atoms with Gasteiger partial charge in [0.15, 0.2) is 0 Å². The van der Waals surface area contributed by atoms with Crippen LogP contribution in [0.4, 0.5) is 0 Å². The van der Waals surface area contributed by atoms with Gasteiger partial charge in [0, 0.05) is 13.1 Å². The monoisotopic (exact) mass is 210 g/mol. The van der Waals surface area contributed by atoms with Crippen molar-refractivity contribution in [3.8, 4) is 0 Å². The van der Waals surface area contributed by atoms with E-state index >= 15 is 0 Å². The Kier molecular flexibility index (Phi) is 3.01. The van der Waals surface area contributed by atoms with Crippen LogP contribution in [0.15, 0.2) is 0 Å². The van der Waals surface area contributed by atoms with Crippen molar-refractivity contribution in [2.45, 2.75) is 45.1 Å². The number of likely N-dealkylation sites (tertiary alicyclic amines) is 1. The lowest BCUT2D eigenvalue weighted by Crippen LogP contribution is -2.54. The van der Waals surface area contributed by atoms with Crippen molar-refractivity contribution < 1.29 is 4.79 Å². The number of hydrogen-bond acceptors (Lipinski definition) is 2. The van der Waals surface area contributed by atoms with Gasteiger partial charge in [0.1, 0.15) is 0 Å². The highest BCUT2D eigenvalue weighted by Gasteiger charge is 2.42. The lowest BCUT2D eigenvalue weighted by molar-refractivity contribution is -0.137. The molecule has 86 valence electrons. The maximum Gasteiger partial charge on any atom is 0.242 e. The van der Waals surface area contributed by atoms with E-state index in [9.17, 15) is 4.79 Å². The number of hydrogen-bond donors (Lipinski definition) is 1. The molecule has 2 heterocycles. The first-order valence-corrected chi connectivity index (χ1v) is 6.22. The number of rotatable bonds is 2. The van der Waals surface area contributed by atoms with Crippen LogP contribution >= 0.6 is 0 Å². The fraction of sp³-hybridized carbons (Fsp3) is 0.917. The molecule has 1 amide bonds. The summed E-state index contributed by atoms with van der Waals surface area (Å²) in [4.78, 5) is 14.5. The predicted octanol–water partition coefficient (Wildman–Crippen LogP) is 1.39. The fourth-order valence-corrected chi connectivity index (χ4v) is 2.86. The molecule has 2 fully saturated rings. The highest BCUT2D eigenvalue weighted by Crippen LogP contribution is 2.28. The molecule has 0 aromatic rings. The van der Waals surface area contributed by atoms with Gasteiger partial charge in [-0.25, -0.2) is 0 Å². The third-order valence-electron chi connectivity index (χ3n) is 3.97. The molecule has 3 nitrogen and oxygen atoms in total. The Morgan fingerprint density at radius 1 is 1.60 bits per heavy atom. The van der Waals surface area contributed by atoms with Crippen LogP contribution in [0.2, 0.25) is 0 Å². The summed E-state index contributed by atoms with van der Waals surface area (Å²) in [5.41, 5.74) is -0.218. The van der Waals surface area contributed by atoms with Crippen LogP contribution in [0.3, 0.4) is 0 Å². The first-order valence-electron chi connectivity index (χ1n) is 6.22. The highest BCUT2D eigenvalue weighted by molar-refractivity contribution is 5.87. The minimum Gasteiger partial charge on any atom is -0.341 e. The van der Waals surface area contributed by atoms with Gasteiger partial charge >= 0.3 is 0 Å². The topological polar surface area (TPSA) is 32.3 Å². The van der Waals surface area contributed by atoms with E-state index in [-0.39, 0.29) is 5.54 Å². The molecule has 0 saturated carbocycles. The molecule has 2 unspecified atom stereocenters. The molecular formula is C12H22N2O. The van der Waals surface area contributed by atoms with Crippen molar-refractivity contribution in [2.75, 3.05) is 19.6 Å². The van der Waals surface area contributed by atoms with Crippen molar-refractivity contribution >= 4 is 5.91 Å². The van der Waals surface area contributed by atoms with E-state index < -0.39 is 0 Å². The van der Waals surface area contributed by atoms with Crippen molar-refractivity contribution in [2.24, 2.45) is 5.92 Å². The summed E-state index contributed by atoms with van der Waals surface area (Å²) in [5, 5.41) is 3.42. The van der Waals surface area contributed by atoms with E-state index in [4.69, 9.17) is 0 Å². The summed E-state index contributed by atoms with van der Waals surface area (Å²) in [6, 6.07) is 0. The largest absolute Gasteiger partial charge is 0.341 e. The Hall–Kier alpha value is -0.570. The molecule has 2 rings (SSSR count). The molecule has 0 aliphatic carbocycles. The van der Waals surface area contributed by atoms with Crippen LogP contribution in [-0.2, 0) is 4.79 Å². The smallest absolute Gasteiger partial charge is 0.242 e. The molecule has 2 aliphatic heterocycles. The Morgan fingerprint density at radius 3 is 2.87 bits per heavy atom. The van der Waals surface area contributed by atoms with Gasteiger partial charge in [-0.05, 0) is 38.1 Å². The number of carbonyl (C=O) groups excluding carboxylic acids is 1. The molecule has 0 radical (unpaired) electrons. The lowest BCUT2D eigenvalue weighted by Gasteiger charge is -2.31. The van der Waals surface area contributed by atoms with Crippen molar-refractivity contribution in [3.05, 3.63) is 0 Å². The minimum absolute atomic E-state index is 0.218. The summed E-state index contributed by atoms with van der Waals surface area (Å²) in [7, 11) is 0. The van der Waals surface area contributed by atoms with Crippen LogP contribution in [0.1, 0.15) is 39.5 Å². The van der Waals surface area contributed by atoms with E-state index in [1.807, 2.05) is 0 Å². The normalized spacial score (nSPS) is 36.1. The average Bonchev–Trinajstić information content (AvgIpc) is 2.86. The standard InChI is InChI=1S/C12H22N2O/c1-3-12(6-4-7-13-12)11(15)14-8-5-10(2)9-14/h10,13H,3-9H2,1-2H3. The van der Waals surface area contributed by atoms with Gasteiger partial charge in [-0.1, -0.05) is 13.8 Å².